The summed E-state index contributed by atoms with van der Waals surface area (Å²) in [4.78, 5) is 35.2. The molecule has 1 aliphatic heterocycles. The van der Waals surface area contributed by atoms with Gasteiger partial charge in [-0.15, -0.1) is 0 Å². The molecule has 2 aromatic carbocycles. The third-order valence-corrected chi connectivity index (χ3v) is 5.50. The molecule has 0 saturated heterocycles. The average Bonchev–Trinajstić information content (AvgIpc) is 2.71. The zero-order valence-electron chi connectivity index (χ0n) is 14.6. The summed E-state index contributed by atoms with van der Waals surface area (Å²) in [5, 5.41) is 5.12. The Morgan fingerprint density at radius 1 is 1.00 bits per heavy atom. The number of amides is 2. The standard InChI is InChI=1S/C18H17N3O5S/c1-10-17(23)19-15-7-6-14(9-16(15)20-18(10)24)27(25,26)21-13-5-3-4-12(8-13)11(2)22/h3-10,21H,1-2H3,(H,19,23)(H,20,24). The largest absolute Gasteiger partial charge is 0.324 e. The maximum atomic E-state index is 12.7. The lowest BCUT2D eigenvalue weighted by atomic mass is 10.1. The van der Waals surface area contributed by atoms with Crippen LogP contribution in [0.3, 0.4) is 0 Å². The predicted molar refractivity (Wildman–Crippen MR) is 100 cm³/mol. The van der Waals surface area contributed by atoms with Crippen LogP contribution in [0.1, 0.15) is 24.2 Å². The van der Waals surface area contributed by atoms with E-state index in [1.165, 1.54) is 44.2 Å². The molecule has 3 N–H and O–H groups in total. The van der Waals surface area contributed by atoms with Gasteiger partial charge in [0.2, 0.25) is 11.8 Å². The average molecular weight is 387 g/mol. The molecule has 0 spiro atoms. The van der Waals surface area contributed by atoms with E-state index in [9.17, 15) is 22.8 Å². The number of carbonyl (C=O) groups excluding carboxylic acids is 3. The number of fused-ring (bicyclic) bond motifs is 1. The first-order chi connectivity index (χ1) is 12.7. The molecule has 2 amide bonds. The molecule has 2 aromatic rings. The molecule has 27 heavy (non-hydrogen) atoms. The van der Waals surface area contributed by atoms with Crippen LogP contribution in [0, 0.1) is 5.92 Å². The van der Waals surface area contributed by atoms with Crippen molar-refractivity contribution in [2.75, 3.05) is 15.4 Å². The van der Waals surface area contributed by atoms with Crippen molar-refractivity contribution in [3.05, 3.63) is 48.0 Å². The van der Waals surface area contributed by atoms with E-state index in [0.29, 0.717) is 11.3 Å². The van der Waals surface area contributed by atoms with Crippen LogP contribution in [0.25, 0.3) is 0 Å². The molecule has 1 atom stereocenters. The molecule has 0 radical (unpaired) electrons. The molecule has 1 aliphatic rings. The molecule has 3 rings (SSSR count). The van der Waals surface area contributed by atoms with E-state index in [-0.39, 0.29) is 22.1 Å². The Morgan fingerprint density at radius 2 is 1.67 bits per heavy atom. The SMILES string of the molecule is CC(=O)c1cccc(NS(=O)(=O)c2ccc3c(c2)NC(=O)C(C)C(=O)N3)c1. The fourth-order valence-electron chi connectivity index (χ4n) is 2.52. The van der Waals surface area contributed by atoms with Gasteiger partial charge in [0.15, 0.2) is 5.78 Å². The molecule has 0 fully saturated rings. The maximum absolute atomic E-state index is 12.7. The van der Waals surface area contributed by atoms with E-state index in [0.717, 1.165) is 0 Å². The lowest BCUT2D eigenvalue weighted by Gasteiger charge is -2.12. The summed E-state index contributed by atoms with van der Waals surface area (Å²) in [6.45, 7) is 2.84. The second kappa shape index (κ2) is 6.84. The van der Waals surface area contributed by atoms with Crippen molar-refractivity contribution in [2.45, 2.75) is 18.7 Å². The van der Waals surface area contributed by atoms with Crippen molar-refractivity contribution in [3.8, 4) is 0 Å². The molecule has 140 valence electrons. The molecule has 0 saturated carbocycles. The number of nitrogens with one attached hydrogen (secondary N) is 3. The number of carbonyl (C=O) groups is 3. The van der Waals surface area contributed by atoms with Crippen LogP contribution >= 0.6 is 0 Å². The summed E-state index contributed by atoms with van der Waals surface area (Å²) in [5.74, 6) is -2.08. The second-order valence-electron chi connectivity index (χ2n) is 6.15. The summed E-state index contributed by atoms with van der Waals surface area (Å²) in [6, 6.07) is 10.1. The lowest BCUT2D eigenvalue weighted by molar-refractivity contribution is -0.128. The highest BCUT2D eigenvalue weighted by Crippen LogP contribution is 2.29. The van der Waals surface area contributed by atoms with Crippen molar-refractivity contribution < 1.29 is 22.8 Å². The maximum Gasteiger partial charge on any atom is 0.261 e. The Labute approximate surface area is 156 Å². The molecule has 0 bridgehead atoms. The number of sulfonamides is 1. The van der Waals surface area contributed by atoms with Crippen LogP contribution in [0.15, 0.2) is 47.4 Å². The highest BCUT2D eigenvalue weighted by molar-refractivity contribution is 7.92. The zero-order chi connectivity index (χ0) is 19.8. The molecule has 0 aromatic heterocycles. The van der Waals surface area contributed by atoms with Crippen molar-refractivity contribution in [3.63, 3.8) is 0 Å². The van der Waals surface area contributed by atoms with Crippen LogP contribution in [-0.2, 0) is 19.6 Å². The molecule has 1 heterocycles. The minimum atomic E-state index is -3.97. The van der Waals surface area contributed by atoms with Gasteiger partial charge in [0.05, 0.1) is 16.3 Å². The molecular weight excluding hydrogens is 370 g/mol. The number of benzene rings is 2. The Morgan fingerprint density at radius 3 is 2.33 bits per heavy atom. The third kappa shape index (κ3) is 3.82. The van der Waals surface area contributed by atoms with Gasteiger partial charge in [-0.3, -0.25) is 19.1 Å². The highest BCUT2D eigenvalue weighted by atomic mass is 32.2. The van der Waals surface area contributed by atoms with Crippen LogP contribution in [0.2, 0.25) is 0 Å². The van der Waals surface area contributed by atoms with Crippen molar-refractivity contribution in [2.24, 2.45) is 5.92 Å². The number of hydrogen-bond donors (Lipinski definition) is 3. The van der Waals surface area contributed by atoms with Gasteiger partial charge >= 0.3 is 0 Å². The second-order valence-corrected chi connectivity index (χ2v) is 7.83. The quantitative estimate of drug-likeness (QED) is 0.549. The molecule has 0 aliphatic carbocycles. The first kappa shape index (κ1) is 18.6. The van der Waals surface area contributed by atoms with E-state index in [4.69, 9.17) is 0 Å². The number of ketones is 1. The van der Waals surface area contributed by atoms with Gasteiger partial charge in [-0.1, -0.05) is 12.1 Å². The summed E-state index contributed by atoms with van der Waals surface area (Å²) in [6.07, 6.45) is 0. The summed E-state index contributed by atoms with van der Waals surface area (Å²) >= 11 is 0. The first-order valence-corrected chi connectivity index (χ1v) is 9.55. The predicted octanol–water partition coefficient (Wildman–Crippen LogP) is 2.22. The summed E-state index contributed by atoms with van der Waals surface area (Å²) < 4.78 is 27.7. The van der Waals surface area contributed by atoms with E-state index in [1.807, 2.05) is 0 Å². The zero-order valence-corrected chi connectivity index (χ0v) is 15.4. The monoisotopic (exact) mass is 387 g/mol. The Hall–Kier alpha value is -3.20. The van der Waals surface area contributed by atoms with Crippen molar-refractivity contribution >= 4 is 44.7 Å². The normalized spacial score (nSPS) is 16.6. The third-order valence-electron chi connectivity index (χ3n) is 4.12. The Balaban J connectivity index is 1.93. The fourth-order valence-corrected chi connectivity index (χ4v) is 3.60. The van der Waals surface area contributed by atoms with Gasteiger partial charge in [0, 0.05) is 11.3 Å². The number of anilines is 3. The van der Waals surface area contributed by atoms with Crippen molar-refractivity contribution in [1.29, 1.82) is 0 Å². The molecule has 1 unspecified atom stereocenters. The fraction of sp³-hybridized carbons (Fsp3) is 0.167. The smallest absolute Gasteiger partial charge is 0.261 e. The Kier molecular flexibility index (Phi) is 4.71. The first-order valence-electron chi connectivity index (χ1n) is 8.07. The summed E-state index contributed by atoms with van der Waals surface area (Å²) in [7, 11) is -3.97. The lowest BCUT2D eigenvalue weighted by Crippen LogP contribution is -2.28. The number of rotatable bonds is 4. The van der Waals surface area contributed by atoms with E-state index in [2.05, 4.69) is 15.4 Å². The molecule has 9 heteroatoms. The summed E-state index contributed by atoms with van der Waals surface area (Å²) in [5.41, 5.74) is 1.12. The van der Waals surface area contributed by atoms with E-state index in [1.54, 1.807) is 12.1 Å². The minimum absolute atomic E-state index is 0.0985. The molecular formula is C18H17N3O5S. The highest BCUT2D eigenvalue weighted by Gasteiger charge is 2.28. The molecule has 8 nitrogen and oxygen atoms in total. The van der Waals surface area contributed by atoms with Gasteiger partial charge in [0.25, 0.3) is 10.0 Å². The van der Waals surface area contributed by atoms with Crippen molar-refractivity contribution in [1.82, 2.24) is 0 Å². The van der Waals surface area contributed by atoms with Gasteiger partial charge in [0.1, 0.15) is 5.92 Å². The van der Waals surface area contributed by atoms with Gasteiger partial charge < -0.3 is 10.6 Å². The number of Topliss-reactive ketones (excluding diaryl/α,β-unsaturated/α-hetero) is 1. The van der Waals surface area contributed by atoms with Crippen LogP contribution in [-0.4, -0.2) is 26.0 Å². The van der Waals surface area contributed by atoms with E-state index >= 15 is 0 Å². The van der Waals surface area contributed by atoms with Gasteiger partial charge in [-0.05, 0) is 44.2 Å². The van der Waals surface area contributed by atoms with Crippen LogP contribution in [0.4, 0.5) is 17.1 Å². The van der Waals surface area contributed by atoms with Gasteiger partial charge in [-0.25, -0.2) is 8.42 Å². The van der Waals surface area contributed by atoms with Crippen LogP contribution in [0.5, 0.6) is 0 Å². The van der Waals surface area contributed by atoms with E-state index < -0.39 is 27.8 Å². The number of hydrogen-bond acceptors (Lipinski definition) is 5. The minimum Gasteiger partial charge on any atom is -0.324 e. The van der Waals surface area contributed by atoms with Gasteiger partial charge in [-0.2, -0.15) is 0 Å². The van der Waals surface area contributed by atoms with Crippen LogP contribution < -0.4 is 15.4 Å². The topological polar surface area (TPSA) is 121 Å². The Bertz CT molecular complexity index is 1060.